The highest BCUT2D eigenvalue weighted by atomic mass is 79.9. The van der Waals surface area contributed by atoms with Crippen LogP contribution in [0.15, 0.2) is 41.1 Å². The van der Waals surface area contributed by atoms with E-state index < -0.39 is 17.4 Å². The van der Waals surface area contributed by atoms with Gasteiger partial charge in [0.25, 0.3) is 0 Å². The molecule has 0 atom stereocenters. The van der Waals surface area contributed by atoms with Gasteiger partial charge in [-0.05, 0) is 40.2 Å². The van der Waals surface area contributed by atoms with Crippen molar-refractivity contribution in [3.05, 3.63) is 63.9 Å². The molecule has 1 heterocycles. The van der Waals surface area contributed by atoms with Gasteiger partial charge in [0.1, 0.15) is 0 Å². The van der Waals surface area contributed by atoms with Crippen molar-refractivity contribution in [3.63, 3.8) is 0 Å². The Labute approximate surface area is 104 Å². The van der Waals surface area contributed by atoms with Crippen LogP contribution in [0.4, 0.5) is 8.78 Å². The Morgan fingerprint density at radius 3 is 2.65 bits per heavy atom. The molecule has 0 amide bonds. The third kappa shape index (κ3) is 2.24. The van der Waals surface area contributed by atoms with Gasteiger partial charge in [-0.15, -0.1) is 0 Å². The zero-order valence-corrected chi connectivity index (χ0v) is 10.0. The largest absolute Gasteiger partial charge is 0.289 e. The summed E-state index contributed by atoms with van der Waals surface area (Å²) in [6.45, 7) is 0. The second-order valence-corrected chi connectivity index (χ2v) is 4.09. The summed E-state index contributed by atoms with van der Waals surface area (Å²) < 4.78 is 26.0. The molecule has 0 aliphatic rings. The van der Waals surface area contributed by atoms with Crippen molar-refractivity contribution in [1.29, 1.82) is 0 Å². The van der Waals surface area contributed by atoms with Gasteiger partial charge >= 0.3 is 0 Å². The van der Waals surface area contributed by atoms with E-state index in [1.807, 2.05) is 0 Å². The van der Waals surface area contributed by atoms with Gasteiger partial charge in [-0.25, -0.2) is 8.78 Å². The SMILES string of the molecule is O=C(c1cccnc1)c1ccc(F)c(F)c1Br. The fourth-order valence-corrected chi connectivity index (χ4v) is 1.86. The number of nitrogens with zero attached hydrogens (tertiary/aromatic N) is 1. The maximum atomic E-state index is 13.3. The smallest absolute Gasteiger partial charge is 0.195 e. The quantitative estimate of drug-likeness (QED) is 0.628. The molecule has 0 unspecified atom stereocenters. The van der Waals surface area contributed by atoms with Crippen LogP contribution >= 0.6 is 15.9 Å². The molecule has 0 fully saturated rings. The predicted octanol–water partition coefficient (Wildman–Crippen LogP) is 3.35. The zero-order valence-electron chi connectivity index (χ0n) is 8.45. The third-order valence-corrected chi connectivity index (χ3v) is 2.98. The lowest BCUT2D eigenvalue weighted by atomic mass is 10.1. The van der Waals surface area contributed by atoms with E-state index in [0.29, 0.717) is 5.56 Å². The Kier molecular flexibility index (Phi) is 3.28. The molecule has 0 aliphatic heterocycles. The number of rotatable bonds is 2. The molecule has 0 saturated carbocycles. The van der Waals surface area contributed by atoms with Gasteiger partial charge in [0.05, 0.1) is 4.47 Å². The van der Waals surface area contributed by atoms with E-state index >= 15 is 0 Å². The van der Waals surface area contributed by atoms with Crippen molar-refractivity contribution in [1.82, 2.24) is 4.98 Å². The highest BCUT2D eigenvalue weighted by molar-refractivity contribution is 9.10. The molecule has 0 spiro atoms. The van der Waals surface area contributed by atoms with E-state index in [2.05, 4.69) is 20.9 Å². The predicted molar refractivity (Wildman–Crippen MR) is 61.7 cm³/mol. The van der Waals surface area contributed by atoms with E-state index in [1.165, 1.54) is 18.5 Å². The molecule has 2 rings (SSSR count). The summed E-state index contributed by atoms with van der Waals surface area (Å²) in [5, 5.41) is 0. The summed E-state index contributed by atoms with van der Waals surface area (Å²) in [5.41, 5.74) is 0.385. The topological polar surface area (TPSA) is 30.0 Å². The van der Waals surface area contributed by atoms with E-state index in [-0.39, 0.29) is 10.0 Å². The number of pyridine rings is 1. The lowest BCUT2D eigenvalue weighted by Gasteiger charge is -2.04. The lowest BCUT2D eigenvalue weighted by molar-refractivity contribution is 0.103. The second kappa shape index (κ2) is 4.71. The van der Waals surface area contributed by atoms with Gasteiger partial charge in [0.2, 0.25) is 0 Å². The monoisotopic (exact) mass is 297 g/mol. The van der Waals surface area contributed by atoms with Gasteiger partial charge in [-0.1, -0.05) is 0 Å². The van der Waals surface area contributed by atoms with Crippen molar-refractivity contribution in [3.8, 4) is 0 Å². The van der Waals surface area contributed by atoms with Crippen molar-refractivity contribution >= 4 is 21.7 Å². The number of benzene rings is 1. The summed E-state index contributed by atoms with van der Waals surface area (Å²) >= 11 is 2.87. The number of aromatic nitrogens is 1. The normalized spacial score (nSPS) is 10.3. The summed E-state index contributed by atoms with van der Waals surface area (Å²) in [4.78, 5) is 15.8. The van der Waals surface area contributed by atoms with E-state index in [1.54, 1.807) is 12.1 Å². The molecular formula is C12H6BrF2NO. The molecule has 1 aromatic heterocycles. The first kappa shape index (κ1) is 11.9. The number of hydrogen-bond acceptors (Lipinski definition) is 2. The minimum absolute atomic E-state index is 0.0666. The second-order valence-electron chi connectivity index (χ2n) is 3.29. The Morgan fingerprint density at radius 1 is 1.24 bits per heavy atom. The van der Waals surface area contributed by atoms with Gasteiger partial charge in [-0.2, -0.15) is 0 Å². The van der Waals surface area contributed by atoms with Crippen molar-refractivity contribution in [2.45, 2.75) is 0 Å². The minimum Gasteiger partial charge on any atom is -0.289 e. The molecule has 1 aromatic carbocycles. The average molecular weight is 298 g/mol. The van der Waals surface area contributed by atoms with Gasteiger partial charge < -0.3 is 0 Å². The molecule has 5 heteroatoms. The number of ketones is 1. The van der Waals surface area contributed by atoms with Crippen LogP contribution < -0.4 is 0 Å². The van der Waals surface area contributed by atoms with Crippen molar-refractivity contribution in [2.75, 3.05) is 0 Å². The van der Waals surface area contributed by atoms with Crippen LogP contribution in [0.25, 0.3) is 0 Å². The van der Waals surface area contributed by atoms with E-state index in [4.69, 9.17) is 0 Å². The Bertz CT molecular complexity index is 572. The molecule has 0 aliphatic carbocycles. The molecule has 0 radical (unpaired) electrons. The first-order chi connectivity index (χ1) is 8.11. The van der Waals surface area contributed by atoms with Crippen LogP contribution in [-0.4, -0.2) is 10.8 Å². The van der Waals surface area contributed by atoms with E-state index in [9.17, 15) is 13.6 Å². The lowest BCUT2D eigenvalue weighted by Crippen LogP contribution is -2.04. The fraction of sp³-hybridized carbons (Fsp3) is 0. The van der Waals surface area contributed by atoms with Crippen molar-refractivity contribution < 1.29 is 13.6 Å². The van der Waals surface area contributed by atoms with Crippen LogP contribution in [0.2, 0.25) is 0 Å². The number of carbonyl (C=O) groups is 1. The van der Waals surface area contributed by atoms with Crippen LogP contribution in [-0.2, 0) is 0 Å². The van der Waals surface area contributed by atoms with Crippen LogP contribution in [0, 0.1) is 11.6 Å². The van der Waals surface area contributed by atoms with Crippen LogP contribution in [0.3, 0.4) is 0 Å². The van der Waals surface area contributed by atoms with Crippen molar-refractivity contribution in [2.24, 2.45) is 0 Å². The minimum atomic E-state index is -1.07. The maximum Gasteiger partial charge on any atom is 0.195 e. The number of carbonyl (C=O) groups excluding carboxylic acids is 1. The Balaban J connectivity index is 2.49. The molecule has 0 bridgehead atoms. The van der Waals surface area contributed by atoms with Gasteiger partial charge in [0.15, 0.2) is 17.4 Å². The van der Waals surface area contributed by atoms with Crippen LogP contribution in [0.5, 0.6) is 0 Å². The van der Waals surface area contributed by atoms with Gasteiger partial charge in [-0.3, -0.25) is 9.78 Å². The zero-order chi connectivity index (χ0) is 12.4. The first-order valence-corrected chi connectivity index (χ1v) is 5.49. The number of halogens is 3. The summed E-state index contributed by atoms with van der Waals surface area (Å²) in [5.74, 6) is -2.48. The van der Waals surface area contributed by atoms with E-state index in [0.717, 1.165) is 6.07 Å². The Morgan fingerprint density at radius 2 is 2.00 bits per heavy atom. The summed E-state index contributed by atoms with van der Waals surface area (Å²) in [6, 6.07) is 5.31. The third-order valence-electron chi connectivity index (χ3n) is 2.20. The average Bonchev–Trinajstić information content (AvgIpc) is 2.36. The highest BCUT2D eigenvalue weighted by Crippen LogP contribution is 2.24. The molecular weight excluding hydrogens is 292 g/mol. The summed E-state index contributed by atoms with van der Waals surface area (Å²) in [6.07, 6.45) is 2.90. The molecule has 17 heavy (non-hydrogen) atoms. The molecule has 2 nitrogen and oxygen atoms in total. The fourth-order valence-electron chi connectivity index (χ4n) is 1.35. The highest BCUT2D eigenvalue weighted by Gasteiger charge is 2.17. The molecule has 0 N–H and O–H groups in total. The first-order valence-electron chi connectivity index (χ1n) is 4.69. The van der Waals surface area contributed by atoms with Gasteiger partial charge in [0, 0.05) is 23.5 Å². The molecule has 0 saturated heterocycles. The standard InChI is InChI=1S/C12H6BrF2NO/c13-10-8(3-4-9(14)11(10)15)12(17)7-2-1-5-16-6-7/h1-6H. The molecule has 86 valence electrons. The Hall–Kier alpha value is -1.62. The molecule has 2 aromatic rings. The number of hydrogen-bond donors (Lipinski definition) is 0. The van der Waals surface area contributed by atoms with Crippen LogP contribution in [0.1, 0.15) is 15.9 Å². The maximum absolute atomic E-state index is 13.3. The summed E-state index contributed by atoms with van der Waals surface area (Å²) in [7, 11) is 0.